The second-order valence-corrected chi connectivity index (χ2v) is 4.76. The number of carboxylic acids is 1. The van der Waals surface area contributed by atoms with Crippen molar-refractivity contribution in [3.8, 4) is 0 Å². The van der Waals surface area contributed by atoms with Gasteiger partial charge in [-0.1, -0.05) is 0 Å². The first-order chi connectivity index (χ1) is 9.27. The van der Waals surface area contributed by atoms with Gasteiger partial charge in [0.2, 0.25) is 17.7 Å². The number of nitrogens with two attached hydrogens (primary N) is 1. The molecule has 0 saturated carbocycles. The Morgan fingerprint density at radius 2 is 1.90 bits per heavy atom. The average molecular weight is 286 g/mol. The van der Waals surface area contributed by atoms with Crippen molar-refractivity contribution in [2.24, 2.45) is 5.73 Å². The number of hydrogen-bond acceptors (Lipinski definition) is 6. The van der Waals surface area contributed by atoms with Gasteiger partial charge in [-0.2, -0.15) is 0 Å². The molecule has 1 rings (SSSR count). The smallest absolute Gasteiger partial charge is 0.317 e. The zero-order chi connectivity index (χ0) is 15.3. The minimum Gasteiger partial charge on any atom is -0.480 e. The van der Waals surface area contributed by atoms with Gasteiger partial charge in [0.05, 0.1) is 26.2 Å². The average Bonchev–Trinajstić information content (AvgIpc) is 2.24. The second-order valence-electron chi connectivity index (χ2n) is 4.76. The Labute approximate surface area is 115 Å². The van der Waals surface area contributed by atoms with Crippen LogP contribution in [0.15, 0.2) is 0 Å². The number of nitrogens with one attached hydrogen (secondary N) is 1. The van der Waals surface area contributed by atoms with Crippen molar-refractivity contribution in [1.29, 1.82) is 0 Å². The molecule has 20 heavy (non-hydrogen) atoms. The molecule has 0 aliphatic carbocycles. The topological polar surface area (TPSA) is 133 Å². The molecule has 9 nitrogen and oxygen atoms in total. The second kappa shape index (κ2) is 6.96. The molecule has 1 unspecified atom stereocenters. The number of hydrogen-bond donors (Lipinski definition) is 3. The van der Waals surface area contributed by atoms with Crippen LogP contribution in [0, 0.1) is 0 Å². The molecule has 1 heterocycles. The molecular weight excluding hydrogens is 268 g/mol. The van der Waals surface area contributed by atoms with E-state index in [1.54, 1.807) is 11.8 Å². The van der Waals surface area contributed by atoms with Gasteiger partial charge in [0.1, 0.15) is 0 Å². The summed E-state index contributed by atoms with van der Waals surface area (Å²) in [6.45, 7) is 1.60. The fraction of sp³-hybridized carbons (Fsp3) is 0.636. The molecular formula is C11H18N4O5. The quantitative estimate of drug-likeness (QED) is 0.431. The summed E-state index contributed by atoms with van der Waals surface area (Å²) in [7, 11) is 0. The number of piperazine rings is 1. The van der Waals surface area contributed by atoms with Crippen LogP contribution in [0.4, 0.5) is 0 Å². The van der Waals surface area contributed by atoms with Crippen molar-refractivity contribution in [3.05, 3.63) is 0 Å². The van der Waals surface area contributed by atoms with Crippen molar-refractivity contribution < 1.29 is 24.3 Å². The van der Waals surface area contributed by atoms with Gasteiger partial charge in [-0.15, -0.1) is 0 Å². The van der Waals surface area contributed by atoms with Gasteiger partial charge in [-0.25, -0.2) is 0 Å². The Morgan fingerprint density at radius 3 is 2.35 bits per heavy atom. The highest BCUT2D eigenvalue weighted by atomic mass is 16.4. The van der Waals surface area contributed by atoms with E-state index in [1.807, 2.05) is 0 Å². The van der Waals surface area contributed by atoms with Crippen LogP contribution in [0.2, 0.25) is 0 Å². The molecule has 0 spiro atoms. The molecule has 0 aromatic rings. The Bertz CT molecular complexity index is 393. The molecule has 9 heteroatoms. The van der Waals surface area contributed by atoms with Crippen LogP contribution in [-0.2, 0) is 19.2 Å². The van der Waals surface area contributed by atoms with Gasteiger partial charge in [0, 0.05) is 12.6 Å². The predicted octanol–water partition coefficient (Wildman–Crippen LogP) is -2.79. The highest BCUT2D eigenvalue weighted by molar-refractivity contribution is 5.99. The third-order valence-electron chi connectivity index (χ3n) is 2.86. The van der Waals surface area contributed by atoms with Gasteiger partial charge in [-0.3, -0.25) is 34.3 Å². The molecule has 1 aliphatic rings. The summed E-state index contributed by atoms with van der Waals surface area (Å²) < 4.78 is 0. The zero-order valence-corrected chi connectivity index (χ0v) is 11.2. The third kappa shape index (κ3) is 5.33. The molecule has 4 N–H and O–H groups in total. The lowest BCUT2D eigenvalue weighted by atomic mass is 10.2. The lowest BCUT2D eigenvalue weighted by Gasteiger charge is -2.32. The van der Waals surface area contributed by atoms with Crippen molar-refractivity contribution in [3.63, 3.8) is 0 Å². The summed E-state index contributed by atoms with van der Waals surface area (Å²) in [5.41, 5.74) is 5.08. The monoisotopic (exact) mass is 286 g/mol. The van der Waals surface area contributed by atoms with E-state index in [2.05, 4.69) is 5.32 Å². The number of carbonyl (C=O) groups excluding carboxylic acids is 3. The molecule has 112 valence electrons. The summed E-state index contributed by atoms with van der Waals surface area (Å²) in [5, 5.41) is 11.0. The SMILES string of the molecule is CC(CN1CC(=O)NC(=O)C1)N(CC(N)=O)CC(=O)O. The minimum atomic E-state index is -1.08. The lowest BCUT2D eigenvalue weighted by molar-refractivity contribution is -0.141. The number of primary amides is 1. The van der Waals surface area contributed by atoms with Crippen LogP contribution in [-0.4, -0.2) is 77.4 Å². The fourth-order valence-corrected chi connectivity index (χ4v) is 2.06. The van der Waals surface area contributed by atoms with E-state index in [0.29, 0.717) is 6.54 Å². The van der Waals surface area contributed by atoms with Crippen LogP contribution < -0.4 is 11.1 Å². The molecule has 0 aromatic heterocycles. The molecule has 1 saturated heterocycles. The number of rotatable bonds is 7. The first-order valence-electron chi connectivity index (χ1n) is 6.07. The fourth-order valence-electron chi connectivity index (χ4n) is 2.06. The molecule has 0 bridgehead atoms. The Morgan fingerprint density at radius 1 is 1.35 bits per heavy atom. The molecule has 0 aromatic carbocycles. The van der Waals surface area contributed by atoms with E-state index in [-0.39, 0.29) is 32.2 Å². The number of imide groups is 1. The van der Waals surface area contributed by atoms with Crippen LogP contribution >= 0.6 is 0 Å². The summed E-state index contributed by atoms with van der Waals surface area (Å²) in [5.74, 6) is -2.50. The van der Waals surface area contributed by atoms with Crippen molar-refractivity contribution in [2.75, 3.05) is 32.7 Å². The number of carboxylic acid groups (broad SMARTS) is 1. The highest BCUT2D eigenvalue weighted by Crippen LogP contribution is 2.04. The van der Waals surface area contributed by atoms with E-state index < -0.39 is 23.7 Å². The number of amides is 3. The van der Waals surface area contributed by atoms with Gasteiger partial charge in [-0.05, 0) is 6.92 Å². The summed E-state index contributed by atoms with van der Waals surface area (Å²) in [4.78, 5) is 47.2. The minimum absolute atomic E-state index is 0.0631. The first-order valence-corrected chi connectivity index (χ1v) is 6.07. The summed E-state index contributed by atoms with van der Waals surface area (Å²) in [6, 6.07) is -0.336. The van der Waals surface area contributed by atoms with Gasteiger partial charge >= 0.3 is 5.97 Å². The van der Waals surface area contributed by atoms with E-state index in [9.17, 15) is 19.2 Å². The predicted molar refractivity (Wildman–Crippen MR) is 67.5 cm³/mol. The van der Waals surface area contributed by atoms with Crippen LogP contribution in [0.3, 0.4) is 0 Å². The van der Waals surface area contributed by atoms with Gasteiger partial charge in [0.15, 0.2) is 0 Å². The highest BCUT2D eigenvalue weighted by Gasteiger charge is 2.26. The van der Waals surface area contributed by atoms with E-state index in [0.717, 1.165) is 0 Å². The molecule has 1 aliphatic heterocycles. The van der Waals surface area contributed by atoms with Gasteiger partial charge < -0.3 is 10.8 Å². The summed E-state index contributed by atoms with van der Waals surface area (Å²) in [6.07, 6.45) is 0. The van der Waals surface area contributed by atoms with Crippen molar-refractivity contribution in [1.82, 2.24) is 15.1 Å². The van der Waals surface area contributed by atoms with Crippen LogP contribution in [0.25, 0.3) is 0 Å². The van der Waals surface area contributed by atoms with E-state index >= 15 is 0 Å². The standard InChI is InChI=1S/C11H18N4O5/c1-7(15(3-8(12)16)6-11(19)20)2-14-4-9(17)13-10(18)5-14/h7H,2-6H2,1H3,(H2,12,16)(H,19,20)(H,13,17,18). The molecule has 0 radical (unpaired) electrons. The maximum absolute atomic E-state index is 11.2. The largest absolute Gasteiger partial charge is 0.480 e. The maximum Gasteiger partial charge on any atom is 0.317 e. The molecule has 3 amide bonds. The molecule has 1 fully saturated rings. The van der Waals surface area contributed by atoms with Crippen LogP contribution in [0.1, 0.15) is 6.92 Å². The van der Waals surface area contributed by atoms with Crippen molar-refractivity contribution >= 4 is 23.7 Å². The lowest BCUT2D eigenvalue weighted by Crippen LogP contribution is -2.55. The Kier molecular flexibility index (Phi) is 5.59. The molecule has 1 atom stereocenters. The number of nitrogens with zero attached hydrogens (tertiary/aromatic N) is 2. The Balaban J connectivity index is 2.62. The Hall–Kier alpha value is -2.00. The van der Waals surface area contributed by atoms with Gasteiger partial charge in [0.25, 0.3) is 0 Å². The normalized spacial score (nSPS) is 17.9. The van der Waals surface area contributed by atoms with E-state index in [1.165, 1.54) is 4.90 Å². The first kappa shape index (κ1) is 16.1. The number of carbonyl (C=O) groups is 4. The van der Waals surface area contributed by atoms with E-state index in [4.69, 9.17) is 10.8 Å². The zero-order valence-electron chi connectivity index (χ0n) is 11.2. The van der Waals surface area contributed by atoms with Crippen LogP contribution in [0.5, 0.6) is 0 Å². The summed E-state index contributed by atoms with van der Waals surface area (Å²) >= 11 is 0. The maximum atomic E-state index is 11.2. The number of aliphatic carboxylic acids is 1. The van der Waals surface area contributed by atoms with Crippen molar-refractivity contribution in [2.45, 2.75) is 13.0 Å². The third-order valence-corrected chi connectivity index (χ3v) is 2.86.